The van der Waals surface area contributed by atoms with Gasteiger partial charge in [-0.25, -0.2) is 0 Å². The van der Waals surface area contributed by atoms with Crippen molar-refractivity contribution < 1.29 is 9.47 Å². The molecule has 0 bridgehead atoms. The lowest BCUT2D eigenvalue weighted by Crippen LogP contribution is -2.22. The quantitative estimate of drug-likeness (QED) is 0.808. The number of nitrogens with one attached hydrogen (secondary N) is 1. The molecule has 0 aliphatic carbocycles. The summed E-state index contributed by atoms with van der Waals surface area (Å²) in [5, 5.41) is 3.38. The largest absolute Gasteiger partial charge is 0.492 e. The highest BCUT2D eigenvalue weighted by atomic mass is 16.5. The van der Waals surface area contributed by atoms with E-state index in [-0.39, 0.29) is 5.60 Å². The highest BCUT2D eigenvalue weighted by molar-refractivity contribution is 5.61. The van der Waals surface area contributed by atoms with Gasteiger partial charge in [0.05, 0.1) is 0 Å². The number of rotatable bonds is 7. The molecule has 0 aromatic heterocycles. The molecule has 0 saturated heterocycles. The lowest BCUT2D eigenvalue weighted by Gasteiger charge is -2.21. The maximum atomic E-state index is 5.83. The van der Waals surface area contributed by atoms with E-state index in [2.05, 4.69) is 10.2 Å². The van der Waals surface area contributed by atoms with E-state index >= 15 is 0 Å². The fourth-order valence-electron chi connectivity index (χ4n) is 2.11. The molecular weight excluding hydrogens is 300 g/mol. The van der Waals surface area contributed by atoms with Crippen LogP contribution in [0.4, 0.5) is 11.4 Å². The third-order valence-corrected chi connectivity index (χ3v) is 3.23. The van der Waals surface area contributed by atoms with Crippen LogP contribution < -0.4 is 14.8 Å². The van der Waals surface area contributed by atoms with Crippen molar-refractivity contribution in [3.8, 4) is 11.5 Å². The van der Waals surface area contributed by atoms with Crippen molar-refractivity contribution in [2.24, 2.45) is 0 Å². The Morgan fingerprint density at radius 3 is 1.79 bits per heavy atom. The van der Waals surface area contributed by atoms with Gasteiger partial charge in [0.25, 0.3) is 0 Å². The molecule has 2 rings (SSSR count). The van der Waals surface area contributed by atoms with Crippen LogP contribution in [0.5, 0.6) is 11.5 Å². The van der Waals surface area contributed by atoms with Crippen molar-refractivity contribution in [3.05, 3.63) is 48.5 Å². The summed E-state index contributed by atoms with van der Waals surface area (Å²) in [5.41, 5.74) is 1.87. The molecule has 4 nitrogen and oxygen atoms in total. The maximum Gasteiger partial charge on any atom is 0.120 e. The monoisotopic (exact) mass is 328 g/mol. The third-order valence-electron chi connectivity index (χ3n) is 3.23. The Hall–Kier alpha value is -2.20. The summed E-state index contributed by atoms with van der Waals surface area (Å²) in [7, 11) is 4.07. The summed E-state index contributed by atoms with van der Waals surface area (Å²) in [4.78, 5) is 2.10. The molecule has 0 unspecified atom stereocenters. The van der Waals surface area contributed by atoms with Gasteiger partial charge in [0.15, 0.2) is 0 Å². The molecule has 0 radical (unpaired) electrons. The second kappa shape index (κ2) is 8.06. The zero-order chi connectivity index (χ0) is 17.6. The summed E-state index contributed by atoms with van der Waals surface area (Å²) >= 11 is 0. The fourth-order valence-corrected chi connectivity index (χ4v) is 2.11. The molecule has 130 valence electrons. The van der Waals surface area contributed by atoms with Gasteiger partial charge in [-0.3, -0.25) is 0 Å². The van der Waals surface area contributed by atoms with Crippen LogP contribution in [-0.4, -0.2) is 37.7 Å². The first-order chi connectivity index (χ1) is 11.3. The molecule has 4 heteroatoms. The number of hydrogen-bond donors (Lipinski definition) is 1. The molecule has 1 N–H and O–H groups in total. The van der Waals surface area contributed by atoms with Gasteiger partial charge in [-0.2, -0.15) is 0 Å². The Kier molecular flexibility index (Phi) is 6.10. The smallest absolute Gasteiger partial charge is 0.120 e. The van der Waals surface area contributed by atoms with Crippen LogP contribution in [0.2, 0.25) is 0 Å². The Bertz CT molecular complexity index is 614. The minimum Gasteiger partial charge on any atom is -0.492 e. The van der Waals surface area contributed by atoms with E-state index in [9.17, 15) is 0 Å². The standard InChI is InChI=1S/C20H28N2O2/c1-20(2,3)24-19-12-8-17(9-13-19)21-16-6-10-18(11-7-16)23-15-14-22(4)5/h6-13,21H,14-15H2,1-5H3. The predicted molar refractivity (Wildman–Crippen MR) is 101 cm³/mol. The van der Waals surface area contributed by atoms with Crippen molar-refractivity contribution in [2.45, 2.75) is 26.4 Å². The predicted octanol–water partition coefficient (Wildman–Crippen LogP) is 4.55. The fraction of sp³-hybridized carbons (Fsp3) is 0.400. The molecule has 0 aliphatic heterocycles. The van der Waals surface area contributed by atoms with Gasteiger partial charge in [0.2, 0.25) is 0 Å². The molecule has 0 aliphatic rings. The van der Waals surface area contributed by atoms with Crippen LogP contribution in [-0.2, 0) is 0 Å². The SMILES string of the molecule is CN(C)CCOc1ccc(Nc2ccc(OC(C)(C)C)cc2)cc1. The molecule has 0 atom stereocenters. The lowest BCUT2D eigenvalue weighted by atomic mass is 10.2. The van der Waals surface area contributed by atoms with Crippen LogP contribution in [0.15, 0.2) is 48.5 Å². The van der Waals surface area contributed by atoms with Crippen LogP contribution in [0.1, 0.15) is 20.8 Å². The average Bonchev–Trinajstić information content (AvgIpc) is 2.49. The third kappa shape index (κ3) is 6.50. The number of nitrogens with zero attached hydrogens (tertiary/aromatic N) is 1. The molecule has 2 aromatic rings. The summed E-state index contributed by atoms with van der Waals surface area (Å²) in [6.07, 6.45) is 0. The van der Waals surface area contributed by atoms with Crippen molar-refractivity contribution in [1.29, 1.82) is 0 Å². The molecule has 0 saturated carbocycles. The Balaban J connectivity index is 1.89. The van der Waals surface area contributed by atoms with Crippen molar-refractivity contribution in [3.63, 3.8) is 0 Å². The minimum atomic E-state index is -0.183. The highest BCUT2D eigenvalue weighted by Gasteiger charge is 2.11. The number of hydrogen-bond acceptors (Lipinski definition) is 4. The molecule has 0 amide bonds. The van der Waals surface area contributed by atoms with Gasteiger partial charge in [-0.05, 0) is 83.4 Å². The highest BCUT2D eigenvalue weighted by Crippen LogP contribution is 2.24. The van der Waals surface area contributed by atoms with E-state index in [1.165, 1.54) is 0 Å². The molecule has 0 heterocycles. The first-order valence-corrected chi connectivity index (χ1v) is 8.25. The van der Waals surface area contributed by atoms with E-state index in [0.29, 0.717) is 6.61 Å². The van der Waals surface area contributed by atoms with Gasteiger partial charge in [0.1, 0.15) is 23.7 Å². The molecule has 2 aromatic carbocycles. The number of ether oxygens (including phenoxy) is 2. The zero-order valence-corrected chi connectivity index (χ0v) is 15.3. The average molecular weight is 328 g/mol. The van der Waals surface area contributed by atoms with Gasteiger partial charge >= 0.3 is 0 Å². The summed E-state index contributed by atoms with van der Waals surface area (Å²) in [6.45, 7) is 7.72. The molecule has 0 spiro atoms. The summed E-state index contributed by atoms with van der Waals surface area (Å²) < 4.78 is 11.5. The maximum absolute atomic E-state index is 5.83. The van der Waals surface area contributed by atoms with Crippen LogP contribution in [0, 0.1) is 0 Å². The molecular formula is C20H28N2O2. The van der Waals surface area contributed by atoms with E-state index in [1.807, 2.05) is 83.4 Å². The zero-order valence-electron chi connectivity index (χ0n) is 15.3. The number of likely N-dealkylation sites (N-methyl/N-ethyl adjacent to an activating group) is 1. The van der Waals surface area contributed by atoms with Crippen molar-refractivity contribution in [2.75, 3.05) is 32.6 Å². The second-order valence-corrected chi connectivity index (χ2v) is 7.04. The van der Waals surface area contributed by atoms with E-state index in [4.69, 9.17) is 9.47 Å². The van der Waals surface area contributed by atoms with Gasteiger partial charge in [0, 0.05) is 17.9 Å². The normalized spacial score (nSPS) is 11.4. The lowest BCUT2D eigenvalue weighted by molar-refractivity contribution is 0.131. The Labute approximate surface area is 145 Å². The van der Waals surface area contributed by atoms with E-state index < -0.39 is 0 Å². The van der Waals surface area contributed by atoms with Gasteiger partial charge in [-0.1, -0.05) is 0 Å². The van der Waals surface area contributed by atoms with Crippen molar-refractivity contribution in [1.82, 2.24) is 4.90 Å². The summed E-state index contributed by atoms with van der Waals surface area (Å²) in [5.74, 6) is 1.76. The molecule has 0 fully saturated rings. The minimum absolute atomic E-state index is 0.183. The first kappa shape index (κ1) is 18.1. The second-order valence-electron chi connectivity index (χ2n) is 7.04. The van der Waals surface area contributed by atoms with Crippen LogP contribution >= 0.6 is 0 Å². The Morgan fingerprint density at radius 1 is 0.833 bits per heavy atom. The van der Waals surface area contributed by atoms with Crippen molar-refractivity contribution >= 4 is 11.4 Å². The van der Waals surface area contributed by atoms with E-state index in [0.717, 1.165) is 29.4 Å². The summed E-state index contributed by atoms with van der Waals surface area (Å²) in [6, 6.07) is 16.0. The van der Waals surface area contributed by atoms with Gasteiger partial charge in [-0.15, -0.1) is 0 Å². The van der Waals surface area contributed by atoms with Crippen LogP contribution in [0.25, 0.3) is 0 Å². The number of anilines is 2. The topological polar surface area (TPSA) is 33.7 Å². The van der Waals surface area contributed by atoms with Crippen LogP contribution in [0.3, 0.4) is 0 Å². The van der Waals surface area contributed by atoms with E-state index in [1.54, 1.807) is 0 Å². The van der Waals surface area contributed by atoms with Gasteiger partial charge < -0.3 is 19.7 Å². The Morgan fingerprint density at radius 2 is 1.33 bits per heavy atom. The molecule has 24 heavy (non-hydrogen) atoms. The first-order valence-electron chi connectivity index (χ1n) is 8.25. The number of benzene rings is 2.